The molecule has 9 heteroatoms. The molecule has 44 heavy (non-hydrogen) atoms. The van der Waals surface area contributed by atoms with E-state index in [2.05, 4.69) is 11.6 Å². The smallest absolute Gasteiger partial charge is 0.342 e. The third kappa shape index (κ3) is 9.10. The van der Waals surface area contributed by atoms with E-state index in [1.165, 1.54) is 36.9 Å². The Balaban J connectivity index is 0.000000241. The molecular formula is C35H38F4N4O. The fraction of sp³-hybridized carbons (Fsp3) is 0.343. The Morgan fingerprint density at radius 1 is 1.16 bits per heavy atom. The molecule has 2 N–H and O–H groups in total. The van der Waals surface area contributed by atoms with Crippen LogP contribution in [-0.2, 0) is 10.3 Å². The largest absolute Gasteiger partial charge is 0.415 e. The highest BCUT2D eigenvalue weighted by molar-refractivity contribution is 5.99. The average Bonchev–Trinajstić information content (AvgIpc) is 3.85. The topological polar surface area (TPSA) is 83.0 Å². The van der Waals surface area contributed by atoms with Crippen molar-refractivity contribution in [1.82, 2.24) is 4.98 Å². The monoisotopic (exact) mass is 606 g/mol. The second-order valence-electron chi connectivity index (χ2n) is 11.1. The number of rotatable bonds is 11. The van der Waals surface area contributed by atoms with Crippen molar-refractivity contribution in [3.05, 3.63) is 119 Å². The number of allylic oxidation sites excluding steroid dienone is 3. The first kappa shape index (κ1) is 34.2. The number of aromatic nitrogens is 1. The van der Waals surface area contributed by atoms with E-state index in [0.29, 0.717) is 23.2 Å². The summed E-state index contributed by atoms with van der Waals surface area (Å²) in [6.07, 6.45) is 3.11. The van der Waals surface area contributed by atoms with Gasteiger partial charge in [0.15, 0.2) is 5.78 Å². The van der Waals surface area contributed by atoms with Crippen molar-refractivity contribution in [3.63, 3.8) is 0 Å². The van der Waals surface area contributed by atoms with Crippen LogP contribution < -0.4 is 10.6 Å². The molecule has 1 aromatic heterocycles. The molecule has 5 nitrogen and oxygen atoms in total. The van der Waals surface area contributed by atoms with Crippen LogP contribution in [0.25, 0.3) is 0 Å². The molecule has 0 saturated heterocycles. The van der Waals surface area contributed by atoms with E-state index in [1.807, 2.05) is 30.3 Å². The van der Waals surface area contributed by atoms with Crippen LogP contribution in [0.5, 0.6) is 0 Å². The third-order valence-corrected chi connectivity index (χ3v) is 7.60. The van der Waals surface area contributed by atoms with Crippen molar-refractivity contribution < 1.29 is 22.4 Å². The molecule has 0 bridgehead atoms. The zero-order valence-electron chi connectivity index (χ0n) is 25.3. The predicted octanol–water partition coefficient (Wildman–Crippen LogP) is 8.29. The number of anilines is 1. The molecule has 1 fully saturated rings. The normalized spacial score (nSPS) is 14.5. The number of ketones is 1. The van der Waals surface area contributed by atoms with Crippen molar-refractivity contribution in [1.29, 1.82) is 5.26 Å². The van der Waals surface area contributed by atoms with Crippen LogP contribution in [0.2, 0.25) is 0 Å². The fourth-order valence-electron chi connectivity index (χ4n) is 4.70. The minimum Gasteiger partial charge on any atom is -0.342 e. The molecule has 232 valence electrons. The number of hydrogen-bond acceptors (Lipinski definition) is 5. The summed E-state index contributed by atoms with van der Waals surface area (Å²) in [4.78, 5) is 18.0. The Hall–Kier alpha value is -4.29. The molecule has 1 atom stereocenters. The molecule has 1 heterocycles. The van der Waals surface area contributed by atoms with Gasteiger partial charge in [0.2, 0.25) is 0 Å². The van der Waals surface area contributed by atoms with Gasteiger partial charge in [0, 0.05) is 25.4 Å². The number of nitrogens with two attached hydrogens (primary N) is 1. The average molecular weight is 607 g/mol. The number of nitriles is 1. The molecule has 0 aliphatic heterocycles. The SMILES string of the molecule is C=C(/C=C(/C(=O)CCC)N(C)c1cccc(C#N)c1)C(F)(F)F.Cc1cc(C(N)(CCC2CC2)c2ccccn2)ccc1F. The van der Waals surface area contributed by atoms with Gasteiger partial charge in [0.05, 0.1) is 34.1 Å². The van der Waals surface area contributed by atoms with E-state index in [9.17, 15) is 22.4 Å². The second-order valence-corrected chi connectivity index (χ2v) is 11.1. The first-order valence-electron chi connectivity index (χ1n) is 14.5. The molecule has 1 saturated carbocycles. The summed E-state index contributed by atoms with van der Waals surface area (Å²) < 4.78 is 51.7. The minimum absolute atomic E-state index is 0.107. The van der Waals surface area contributed by atoms with Gasteiger partial charge in [-0.2, -0.15) is 18.4 Å². The molecule has 1 aliphatic carbocycles. The highest BCUT2D eigenvalue weighted by atomic mass is 19.4. The number of aryl methyl sites for hydroxylation is 1. The van der Waals surface area contributed by atoms with Crippen LogP contribution in [0.3, 0.4) is 0 Å². The molecule has 0 radical (unpaired) electrons. The molecule has 1 unspecified atom stereocenters. The summed E-state index contributed by atoms with van der Waals surface area (Å²) in [6.45, 7) is 6.53. The Morgan fingerprint density at radius 2 is 1.89 bits per heavy atom. The van der Waals surface area contributed by atoms with Gasteiger partial charge in [-0.1, -0.05) is 50.6 Å². The quantitative estimate of drug-likeness (QED) is 0.135. The number of hydrogen-bond donors (Lipinski definition) is 1. The lowest BCUT2D eigenvalue weighted by atomic mass is 9.81. The number of halogens is 4. The number of pyridine rings is 1. The van der Waals surface area contributed by atoms with Gasteiger partial charge in [-0.3, -0.25) is 9.78 Å². The standard InChI is InChI=1S/C18H21FN2.C17H17F3N2O/c1-13-12-15(7-8-16(13)19)18(20,10-9-14-5-6-14)17-4-2-3-11-21-17;1-4-6-16(23)15(9-12(2)17(18,19)20)22(3)14-8-5-7-13(10-14)11-21/h2-4,7-8,11-12,14H,5-6,9-10,20H2,1H3;5,7-10H,2,4,6H2,1,3H3/b;15-9-. The van der Waals surface area contributed by atoms with Crippen LogP contribution in [-0.4, -0.2) is 24.0 Å². The van der Waals surface area contributed by atoms with Crippen LogP contribution in [0.15, 0.2) is 90.8 Å². The zero-order chi connectivity index (χ0) is 32.5. The molecule has 3 aromatic rings. The van der Waals surface area contributed by atoms with Gasteiger partial charge in [0.1, 0.15) is 5.82 Å². The van der Waals surface area contributed by atoms with E-state index in [4.69, 9.17) is 11.0 Å². The molecule has 0 spiro atoms. The lowest BCUT2D eigenvalue weighted by Crippen LogP contribution is -2.39. The van der Waals surface area contributed by atoms with Gasteiger partial charge >= 0.3 is 6.18 Å². The predicted molar refractivity (Wildman–Crippen MR) is 165 cm³/mol. The number of likely N-dealkylation sites (N-methyl/N-ethyl adjacent to an activating group) is 1. The van der Waals surface area contributed by atoms with Crippen LogP contribution in [0, 0.1) is 30.0 Å². The fourth-order valence-corrected chi connectivity index (χ4v) is 4.70. The number of nitrogens with zero attached hydrogens (tertiary/aromatic N) is 3. The number of alkyl halides is 3. The summed E-state index contributed by atoms with van der Waals surface area (Å²) in [6, 6.07) is 19.2. The van der Waals surface area contributed by atoms with Crippen molar-refractivity contribution in [2.24, 2.45) is 11.7 Å². The van der Waals surface area contributed by atoms with Crippen molar-refractivity contribution in [3.8, 4) is 6.07 Å². The van der Waals surface area contributed by atoms with Crippen molar-refractivity contribution >= 4 is 11.5 Å². The van der Waals surface area contributed by atoms with Gasteiger partial charge in [-0.15, -0.1) is 0 Å². The Kier molecular flexibility index (Phi) is 11.6. The molecule has 2 aromatic carbocycles. The lowest BCUT2D eigenvalue weighted by Gasteiger charge is -2.30. The lowest BCUT2D eigenvalue weighted by molar-refractivity contribution is -0.115. The second kappa shape index (κ2) is 14.9. The number of carbonyl (C=O) groups excluding carboxylic acids is 1. The number of benzene rings is 2. The van der Waals surface area contributed by atoms with E-state index in [0.717, 1.165) is 36.1 Å². The first-order valence-corrected chi connectivity index (χ1v) is 14.5. The molecule has 1 aliphatic rings. The Morgan fingerprint density at radius 3 is 2.45 bits per heavy atom. The van der Waals surface area contributed by atoms with E-state index < -0.39 is 23.1 Å². The van der Waals surface area contributed by atoms with Gasteiger partial charge < -0.3 is 10.6 Å². The minimum atomic E-state index is -4.60. The molecule has 4 rings (SSSR count). The van der Waals surface area contributed by atoms with E-state index >= 15 is 0 Å². The number of carbonyl (C=O) groups is 1. The highest BCUT2D eigenvalue weighted by Gasteiger charge is 2.34. The first-order chi connectivity index (χ1) is 20.8. The van der Waals surface area contributed by atoms with Crippen LogP contribution >= 0.6 is 0 Å². The summed E-state index contributed by atoms with van der Waals surface area (Å²) in [5, 5.41) is 8.91. The van der Waals surface area contributed by atoms with Gasteiger partial charge in [-0.25, -0.2) is 4.39 Å². The van der Waals surface area contributed by atoms with Crippen molar-refractivity contribution in [2.75, 3.05) is 11.9 Å². The highest BCUT2D eigenvalue weighted by Crippen LogP contribution is 2.39. The summed E-state index contributed by atoms with van der Waals surface area (Å²) in [7, 11) is 1.49. The van der Waals surface area contributed by atoms with E-state index in [-0.39, 0.29) is 17.9 Å². The molecular weight excluding hydrogens is 568 g/mol. The maximum Gasteiger partial charge on any atom is 0.415 e. The van der Waals surface area contributed by atoms with Gasteiger partial charge in [0.25, 0.3) is 0 Å². The van der Waals surface area contributed by atoms with E-state index in [1.54, 1.807) is 44.3 Å². The maximum atomic E-state index is 13.6. The Labute approximate surface area is 256 Å². The zero-order valence-corrected chi connectivity index (χ0v) is 25.3. The van der Waals surface area contributed by atoms with Gasteiger partial charge in [-0.05, 0) is 85.7 Å². The number of Topliss-reactive ketones (excluding diaryl/α,β-unsaturated/α-hetero) is 1. The summed E-state index contributed by atoms with van der Waals surface area (Å²) >= 11 is 0. The third-order valence-electron chi connectivity index (χ3n) is 7.60. The summed E-state index contributed by atoms with van der Waals surface area (Å²) in [5.74, 6) is 0.199. The van der Waals surface area contributed by atoms with Crippen LogP contribution in [0.1, 0.15) is 67.8 Å². The summed E-state index contributed by atoms with van der Waals surface area (Å²) in [5.41, 5.74) is 8.15. The molecule has 0 amide bonds. The van der Waals surface area contributed by atoms with Crippen LogP contribution in [0.4, 0.5) is 23.2 Å². The maximum absolute atomic E-state index is 13.6. The Bertz CT molecular complexity index is 1520. The van der Waals surface area contributed by atoms with Crippen molar-refractivity contribution in [2.45, 2.75) is 64.1 Å².